The third-order valence-electron chi connectivity index (χ3n) is 4.38. The molecule has 24 heavy (non-hydrogen) atoms. The second kappa shape index (κ2) is 7.90. The average Bonchev–Trinajstić information content (AvgIpc) is 2.65. The van der Waals surface area contributed by atoms with E-state index >= 15 is 0 Å². The standard InChI is InChI=1S/C19H24N4O/c1-2-3-6-10-20-18-13-21-17(12-22-18)19(24)23-11-9-15-7-4-5-8-16(15)14-23/h4-5,7-8,12-13H,2-3,6,9-11,14H2,1H3,(H,20,22). The number of benzene rings is 1. The Morgan fingerprint density at radius 3 is 2.75 bits per heavy atom. The van der Waals surface area contributed by atoms with Gasteiger partial charge in [0, 0.05) is 19.6 Å². The summed E-state index contributed by atoms with van der Waals surface area (Å²) in [6.07, 6.45) is 7.63. The Morgan fingerprint density at radius 2 is 2.00 bits per heavy atom. The maximum absolute atomic E-state index is 12.6. The molecular weight excluding hydrogens is 300 g/mol. The van der Waals surface area contributed by atoms with Gasteiger partial charge in [-0.1, -0.05) is 44.0 Å². The number of aromatic nitrogens is 2. The molecular formula is C19H24N4O. The van der Waals surface area contributed by atoms with E-state index in [2.05, 4.69) is 34.3 Å². The molecule has 3 rings (SSSR count). The third kappa shape index (κ3) is 3.91. The Hall–Kier alpha value is -2.43. The summed E-state index contributed by atoms with van der Waals surface area (Å²) in [5.41, 5.74) is 2.96. The van der Waals surface area contributed by atoms with Gasteiger partial charge in [-0.25, -0.2) is 9.97 Å². The molecule has 0 aliphatic carbocycles. The lowest BCUT2D eigenvalue weighted by Crippen LogP contribution is -2.36. The molecule has 1 amide bonds. The predicted octanol–water partition coefficient (Wildman–Crippen LogP) is 3.28. The van der Waals surface area contributed by atoms with Crippen LogP contribution in [0.5, 0.6) is 0 Å². The van der Waals surface area contributed by atoms with Crippen molar-refractivity contribution in [3.05, 3.63) is 53.5 Å². The first kappa shape index (κ1) is 16.4. The molecule has 0 unspecified atom stereocenters. The average molecular weight is 324 g/mol. The summed E-state index contributed by atoms with van der Waals surface area (Å²) in [5, 5.41) is 3.24. The van der Waals surface area contributed by atoms with E-state index in [0.717, 1.165) is 31.7 Å². The van der Waals surface area contributed by atoms with E-state index in [4.69, 9.17) is 0 Å². The van der Waals surface area contributed by atoms with Crippen molar-refractivity contribution in [1.29, 1.82) is 0 Å². The first-order valence-electron chi connectivity index (χ1n) is 8.70. The number of hydrogen-bond donors (Lipinski definition) is 1. The van der Waals surface area contributed by atoms with Gasteiger partial charge < -0.3 is 10.2 Å². The Morgan fingerprint density at radius 1 is 1.17 bits per heavy atom. The number of unbranched alkanes of at least 4 members (excludes halogenated alkanes) is 2. The maximum Gasteiger partial charge on any atom is 0.274 e. The minimum absolute atomic E-state index is 0.0467. The van der Waals surface area contributed by atoms with Gasteiger partial charge in [-0.3, -0.25) is 4.79 Å². The van der Waals surface area contributed by atoms with Gasteiger partial charge in [-0.15, -0.1) is 0 Å². The van der Waals surface area contributed by atoms with Crippen LogP contribution in [-0.2, 0) is 13.0 Å². The Labute approximate surface area is 143 Å². The second-order valence-electron chi connectivity index (χ2n) is 6.17. The lowest BCUT2D eigenvalue weighted by Gasteiger charge is -2.28. The molecule has 1 N–H and O–H groups in total. The van der Waals surface area contributed by atoms with E-state index in [1.165, 1.54) is 24.0 Å². The number of nitrogens with zero attached hydrogens (tertiary/aromatic N) is 3. The Bertz CT molecular complexity index is 684. The molecule has 2 heterocycles. The molecule has 0 bridgehead atoms. The van der Waals surface area contributed by atoms with Gasteiger partial charge in [0.2, 0.25) is 0 Å². The molecule has 126 valence electrons. The largest absolute Gasteiger partial charge is 0.369 e. The van der Waals surface area contributed by atoms with Crippen molar-refractivity contribution in [2.75, 3.05) is 18.4 Å². The highest BCUT2D eigenvalue weighted by Gasteiger charge is 2.22. The van der Waals surface area contributed by atoms with Crippen LogP contribution in [0.1, 0.15) is 47.8 Å². The van der Waals surface area contributed by atoms with Gasteiger partial charge in [0.15, 0.2) is 0 Å². The fraction of sp³-hybridized carbons (Fsp3) is 0.421. The van der Waals surface area contributed by atoms with E-state index in [1.807, 2.05) is 17.0 Å². The van der Waals surface area contributed by atoms with Crippen molar-refractivity contribution in [2.45, 2.75) is 39.2 Å². The van der Waals surface area contributed by atoms with Gasteiger partial charge in [-0.2, -0.15) is 0 Å². The monoisotopic (exact) mass is 324 g/mol. The van der Waals surface area contributed by atoms with Crippen molar-refractivity contribution in [1.82, 2.24) is 14.9 Å². The molecule has 2 aromatic rings. The van der Waals surface area contributed by atoms with E-state index in [-0.39, 0.29) is 5.91 Å². The number of anilines is 1. The van der Waals surface area contributed by atoms with Gasteiger partial charge in [-0.05, 0) is 24.0 Å². The SMILES string of the molecule is CCCCCNc1cnc(C(=O)N2CCc3ccccc3C2)cn1. The molecule has 0 saturated heterocycles. The summed E-state index contributed by atoms with van der Waals surface area (Å²) in [7, 11) is 0. The second-order valence-corrected chi connectivity index (χ2v) is 6.17. The molecule has 5 nitrogen and oxygen atoms in total. The first-order chi connectivity index (χ1) is 11.8. The van der Waals surface area contributed by atoms with Gasteiger partial charge in [0.25, 0.3) is 5.91 Å². The van der Waals surface area contributed by atoms with Crippen molar-refractivity contribution in [2.24, 2.45) is 0 Å². The van der Waals surface area contributed by atoms with E-state index in [0.29, 0.717) is 12.2 Å². The maximum atomic E-state index is 12.6. The van der Waals surface area contributed by atoms with Crippen molar-refractivity contribution in [3.63, 3.8) is 0 Å². The Kier molecular flexibility index (Phi) is 5.41. The molecule has 0 fully saturated rings. The van der Waals surface area contributed by atoms with E-state index in [9.17, 15) is 4.79 Å². The van der Waals surface area contributed by atoms with Crippen LogP contribution in [0.4, 0.5) is 5.82 Å². The highest BCUT2D eigenvalue weighted by Crippen LogP contribution is 2.19. The lowest BCUT2D eigenvalue weighted by atomic mass is 10.00. The number of fused-ring (bicyclic) bond motifs is 1. The normalized spacial score (nSPS) is 13.5. The Balaban J connectivity index is 1.59. The van der Waals surface area contributed by atoms with Crippen LogP contribution in [0.15, 0.2) is 36.7 Å². The molecule has 1 aliphatic heterocycles. The zero-order chi connectivity index (χ0) is 16.8. The zero-order valence-corrected chi connectivity index (χ0v) is 14.2. The molecule has 5 heteroatoms. The summed E-state index contributed by atoms with van der Waals surface area (Å²) in [6, 6.07) is 8.29. The number of hydrogen-bond acceptors (Lipinski definition) is 4. The minimum atomic E-state index is -0.0467. The van der Waals surface area contributed by atoms with E-state index < -0.39 is 0 Å². The fourth-order valence-corrected chi connectivity index (χ4v) is 2.95. The van der Waals surface area contributed by atoms with Crippen LogP contribution in [-0.4, -0.2) is 33.9 Å². The summed E-state index contributed by atoms with van der Waals surface area (Å²) >= 11 is 0. The zero-order valence-electron chi connectivity index (χ0n) is 14.2. The minimum Gasteiger partial charge on any atom is -0.369 e. The molecule has 1 aliphatic rings. The van der Waals surface area contributed by atoms with Gasteiger partial charge in [0.05, 0.1) is 12.4 Å². The molecule has 1 aromatic carbocycles. The van der Waals surface area contributed by atoms with Crippen LogP contribution in [0.25, 0.3) is 0 Å². The van der Waals surface area contributed by atoms with Crippen LogP contribution in [0, 0.1) is 0 Å². The number of rotatable bonds is 6. The number of amides is 1. The molecule has 0 radical (unpaired) electrons. The summed E-state index contributed by atoms with van der Waals surface area (Å²) in [5.74, 6) is 0.682. The third-order valence-corrected chi connectivity index (χ3v) is 4.38. The molecule has 0 spiro atoms. The van der Waals surface area contributed by atoms with Crippen LogP contribution < -0.4 is 5.32 Å². The summed E-state index contributed by atoms with van der Waals surface area (Å²) < 4.78 is 0. The van der Waals surface area contributed by atoms with Gasteiger partial charge >= 0.3 is 0 Å². The van der Waals surface area contributed by atoms with Crippen LogP contribution >= 0.6 is 0 Å². The van der Waals surface area contributed by atoms with Crippen molar-refractivity contribution in [3.8, 4) is 0 Å². The fourth-order valence-electron chi connectivity index (χ4n) is 2.95. The highest BCUT2D eigenvalue weighted by molar-refractivity contribution is 5.92. The topological polar surface area (TPSA) is 58.1 Å². The molecule has 0 atom stereocenters. The molecule has 0 saturated carbocycles. The van der Waals surface area contributed by atoms with E-state index in [1.54, 1.807) is 12.4 Å². The quantitative estimate of drug-likeness (QED) is 0.829. The first-order valence-corrected chi connectivity index (χ1v) is 8.70. The van der Waals surface area contributed by atoms with Crippen LogP contribution in [0.3, 0.4) is 0 Å². The smallest absolute Gasteiger partial charge is 0.274 e. The van der Waals surface area contributed by atoms with Crippen molar-refractivity contribution >= 4 is 11.7 Å². The number of nitrogens with one attached hydrogen (secondary N) is 1. The van der Waals surface area contributed by atoms with Crippen molar-refractivity contribution < 1.29 is 4.79 Å². The molecule has 1 aromatic heterocycles. The number of carbonyl (C=O) groups excluding carboxylic acids is 1. The summed E-state index contributed by atoms with van der Waals surface area (Å²) in [6.45, 7) is 4.44. The number of carbonyl (C=O) groups is 1. The lowest BCUT2D eigenvalue weighted by molar-refractivity contribution is 0.0728. The van der Waals surface area contributed by atoms with Gasteiger partial charge in [0.1, 0.15) is 11.5 Å². The summed E-state index contributed by atoms with van der Waals surface area (Å²) in [4.78, 5) is 23.1. The highest BCUT2D eigenvalue weighted by atomic mass is 16.2. The van der Waals surface area contributed by atoms with Crippen LogP contribution in [0.2, 0.25) is 0 Å². The predicted molar refractivity (Wildman–Crippen MR) is 94.9 cm³/mol.